The molecule has 0 N–H and O–H groups in total. The molecule has 0 unspecified atom stereocenters. The molecule has 0 amide bonds. The molecule has 0 radical (unpaired) electrons. The Labute approximate surface area is 573 Å². The number of rotatable bonds is 44. The van der Waals surface area contributed by atoms with Crippen molar-refractivity contribution in [3.8, 4) is 261 Å². The Kier molecular flexibility index (Phi) is 77.5. The first-order valence-electron chi connectivity index (χ1n) is 35.1. The van der Waals surface area contributed by atoms with E-state index in [1.807, 2.05) is 0 Å². The van der Waals surface area contributed by atoms with Crippen LogP contribution >= 0.6 is 0 Å². The third-order valence-corrected chi connectivity index (χ3v) is 14.1. The van der Waals surface area contributed by atoms with Crippen molar-refractivity contribution >= 4 is 0 Å². The summed E-state index contributed by atoms with van der Waals surface area (Å²) in [6.07, 6.45) is 70.4. The summed E-state index contributed by atoms with van der Waals surface area (Å²) >= 11 is 0. The van der Waals surface area contributed by atoms with E-state index in [9.17, 15) is 0 Å². The summed E-state index contributed by atoms with van der Waals surface area (Å²) < 4.78 is 0. The molecular formula is C93H102. The van der Waals surface area contributed by atoms with Crippen molar-refractivity contribution < 1.29 is 0 Å². The van der Waals surface area contributed by atoms with Crippen LogP contribution in [0.4, 0.5) is 0 Å². The van der Waals surface area contributed by atoms with E-state index in [4.69, 9.17) is 6.42 Å². The van der Waals surface area contributed by atoms with Crippen LogP contribution < -0.4 is 0 Å². The molecule has 0 aromatic carbocycles. The molecule has 0 aliphatic rings. The first kappa shape index (κ1) is 85.4. The first-order valence-corrected chi connectivity index (χ1v) is 35.1. The molecule has 0 nitrogen and oxygen atoms in total. The molecule has 93 heavy (non-hydrogen) atoms. The van der Waals surface area contributed by atoms with Crippen LogP contribution in [0.3, 0.4) is 0 Å². The van der Waals surface area contributed by atoms with Gasteiger partial charge in [-0.25, -0.2) is 0 Å². The third kappa shape index (κ3) is 88.8. The number of hydrogen-bond donors (Lipinski definition) is 0. The SMILES string of the molecule is C#CC#CC#CC#CC#CC#CC#CC#CC#CC#CC#CC#CC#CC#CC#CC#CC#CC#CC#CC#CC#CC#CC.CCCCCCCCCCCCCCCCCCCCCCCCCCCCCCCCCCCCCCCCCCCCCC(C)C. The number of hydrogen-bond acceptors (Lipinski definition) is 0. The van der Waals surface area contributed by atoms with Crippen LogP contribution in [0.2, 0.25) is 0 Å². The maximum atomic E-state index is 4.93. The normalized spacial score (nSPS) is 7.96. The lowest BCUT2D eigenvalue weighted by Crippen LogP contribution is -1.87. The smallest absolute Gasteiger partial charge is 0 e. The van der Waals surface area contributed by atoms with E-state index in [1.54, 1.807) is 6.92 Å². The summed E-state index contributed by atoms with van der Waals surface area (Å²) in [4.78, 5) is 0. The van der Waals surface area contributed by atoms with Crippen LogP contribution in [-0.4, -0.2) is 0 Å². The van der Waals surface area contributed by atoms with Gasteiger partial charge in [-0.05, 0) is 108 Å². The van der Waals surface area contributed by atoms with Gasteiger partial charge >= 0.3 is 0 Å². The lowest BCUT2D eigenvalue weighted by Gasteiger charge is -2.05. The molecule has 0 aliphatic carbocycles. The van der Waals surface area contributed by atoms with Gasteiger partial charge in [0, 0.05) is 154 Å². The van der Waals surface area contributed by atoms with Crippen molar-refractivity contribution in [2.24, 2.45) is 5.92 Å². The van der Waals surface area contributed by atoms with Crippen molar-refractivity contribution in [3.05, 3.63) is 0 Å². The lowest BCUT2D eigenvalue weighted by molar-refractivity contribution is 0.500. The molecule has 0 spiro atoms. The van der Waals surface area contributed by atoms with Gasteiger partial charge in [-0.2, -0.15) is 0 Å². The van der Waals surface area contributed by atoms with Crippen molar-refractivity contribution in [1.82, 2.24) is 0 Å². The van der Waals surface area contributed by atoms with E-state index in [0.717, 1.165) is 5.92 Å². The Morgan fingerprint density at radius 2 is 0.290 bits per heavy atom. The van der Waals surface area contributed by atoms with E-state index in [0.29, 0.717) is 0 Å². The Hall–Kier alpha value is -9.68. The minimum atomic E-state index is 0.896. The molecule has 0 aromatic heterocycles. The molecule has 0 aliphatic heterocycles. The van der Waals surface area contributed by atoms with E-state index < -0.39 is 0 Å². The van der Waals surface area contributed by atoms with E-state index in [2.05, 4.69) is 275 Å². The van der Waals surface area contributed by atoms with Crippen LogP contribution in [-0.2, 0) is 0 Å². The van der Waals surface area contributed by atoms with Crippen molar-refractivity contribution in [2.45, 2.75) is 310 Å². The molecule has 0 heterocycles. The summed E-state index contributed by atoms with van der Waals surface area (Å²) in [5.74, 6) is 108. The van der Waals surface area contributed by atoms with E-state index >= 15 is 0 Å². The second-order valence-electron chi connectivity index (χ2n) is 22.6. The fraction of sp³-hybridized carbons (Fsp3) is 0.527. The summed E-state index contributed by atoms with van der Waals surface area (Å²) in [5.41, 5.74) is 0. The van der Waals surface area contributed by atoms with Gasteiger partial charge in [0.2, 0.25) is 0 Å². The van der Waals surface area contributed by atoms with E-state index in [1.165, 1.54) is 283 Å². The average molecular weight is 1220 g/mol. The second-order valence-corrected chi connectivity index (χ2v) is 22.6. The van der Waals surface area contributed by atoms with Crippen molar-refractivity contribution in [1.29, 1.82) is 0 Å². The highest BCUT2D eigenvalue weighted by molar-refractivity contribution is 5.50. The maximum absolute atomic E-state index is 4.93. The predicted molar refractivity (Wildman–Crippen MR) is 401 cm³/mol. The zero-order valence-electron chi connectivity index (χ0n) is 57.8. The highest BCUT2D eigenvalue weighted by atomic mass is 14.1. The van der Waals surface area contributed by atoms with Gasteiger partial charge in [-0.15, -0.1) is 6.42 Å². The third-order valence-electron chi connectivity index (χ3n) is 14.1. The number of terminal acetylenes is 1. The Morgan fingerprint density at radius 3 is 0.409 bits per heavy atom. The molecular weight excluding hydrogens is 1120 g/mol. The van der Waals surface area contributed by atoms with Gasteiger partial charge in [-0.3, -0.25) is 0 Å². The van der Waals surface area contributed by atoms with Crippen LogP contribution in [0.1, 0.15) is 310 Å². The van der Waals surface area contributed by atoms with Gasteiger partial charge < -0.3 is 0 Å². The van der Waals surface area contributed by atoms with Gasteiger partial charge in [0.15, 0.2) is 0 Å². The van der Waals surface area contributed by atoms with Gasteiger partial charge in [0.25, 0.3) is 0 Å². The highest BCUT2D eigenvalue weighted by Crippen LogP contribution is 2.19. The topological polar surface area (TPSA) is 0 Å². The summed E-state index contributed by atoms with van der Waals surface area (Å²) in [6.45, 7) is 8.71. The maximum Gasteiger partial charge on any atom is 0 e. The first-order chi connectivity index (χ1) is 46.2. The predicted octanol–water partition coefficient (Wildman–Crippen LogP) is 19.5. The van der Waals surface area contributed by atoms with Crippen LogP contribution in [0.25, 0.3) is 0 Å². The molecule has 0 saturated carbocycles. The fourth-order valence-corrected chi connectivity index (χ4v) is 9.19. The summed E-state index contributed by atoms with van der Waals surface area (Å²) in [5, 5.41) is 0. The van der Waals surface area contributed by atoms with Crippen molar-refractivity contribution in [3.63, 3.8) is 0 Å². The molecule has 0 saturated heterocycles. The number of unbranched alkanes of at least 4 members (excludes halogenated alkanes) is 42. The fourth-order valence-electron chi connectivity index (χ4n) is 9.19. The average Bonchev–Trinajstić information content (AvgIpc) is 3.57. The highest BCUT2D eigenvalue weighted by Gasteiger charge is 1.99. The lowest BCUT2D eigenvalue weighted by atomic mass is 10.0. The van der Waals surface area contributed by atoms with Crippen LogP contribution in [0, 0.1) is 267 Å². The molecule has 0 aromatic rings. The quantitative estimate of drug-likeness (QED) is 0.0421. The van der Waals surface area contributed by atoms with Gasteiger partial charge in [0.05, 0.1) is 0 Å². The monoisotopic (exact) mass is 1220 g/mol. The molecule has 0 fully saturated rings. The molecule has 474 valence electrons. The molecule has 0 bridgehead atoms. The zero-order valence-corrected chi connectivity index (χ0v) is 57.8. The molecule has 0 rings (SSSR count). The summed E-state index contributed by atoms with van der Waals surface area (Å²) in [6, 6.07) is 0. The Balaban J connectivity index is 0. The van der Waals surface area contributed by atoms with Crippen LogP contribution in [0.15, 0.2) is 0 Å². The second kappa shape index (κ2) is 84.4. The van der Waals surface area contributed by atoms with Crippen molar-refractivity contribution in [2.75, 3.05) is 0 Å². The van der Waals surface area contributed by atoms with E-state index in [-0.39, 0.29) is 0 Å². The molecule has 0 heteroatoms. The Bertz CT molecular complexity index is 3520. The van der Waals surface area contributed by atoms with Gasteiger partial charge in [0.1, 0.15) is 0 Å². The minimum absolute atomic E-state index is 0.896. The van der Waals surface area contributed by atoms with Crippen LogP contribution in [0.5, 0.6) is 0 Å². The summed E-state index contributed by atoms with van der Waals surface area (Å²) in [7, 11) is 0. The van der Waals surface area contributed by atoms with Gasteiger partial charge in [-0.1, -0.05) is 309 Å². The molecule has 0 atom stereocenters. The largest absolute Gasteiger partial charge is 0.106 e. The Morgan fingerprint density at radius 1 is 0.172 bits per heavy atom. The minimum Gasteiger partial charge on any atom is -0.106 e. The standard InChI is InChI=1S/C48H98.C45H4/c1-4-5-6-7-8-9-10-11-12-13-14-15-16-17-18-19-20-21-22-23-24-25-26-27-28-29-30-31-32-33-34-35-36-37-38-39-40-41-42-43-44-45-46-47-48(2)3;1-3-5-7-9-11-13-15-17-19-21-23-25-27-29-31-33-35-37-39-41-43-45-44-42-40-38-36-34-32-30-28-26-24-22-20-18-16-14-12-10-8-6-4-2/h48H,4-47H2,1-3H3;1H,2H3. The zero-order chi connectivity index (χ0) is 67.1.